The van der Waals surface area contributed by atoms with Gasteiger partial charge in [-0.2, -0.15) is 0 Å². The predicted molar refractivity (Wildman–Crippen MR) is 98.1 cm³/mol. The maximum Gasteiger partial charge on any atom is 0.345 e. The van der Waals surface area contributed by atoms with Gasteiger partial charge in [-0.1, -0.05) is 12.2 Å². The zero-order valence-electron chi connectivity index (χ0n) is 15.3. The molecule has 1 amide bonds. The van der Waals surface area contributed by atoms with Crippen LogP contribution in [-0.2, 0) is 9.53 Å². The SMILES string of the molecule is C=CCN(CC=C)C(=O)COC(=O)c1cc(OCC)c(OC)cc1[N+](=O)[O-]. The molecule has 1 aromatic rings. The minimum Gasteiger partial charge on any atom is -0.493 e. The van der Waals surface area contributed by atoms with Crippen LogP contribution in [-0.4, -0.2) is 55.1 Å². The van der Waals surface area contributed by atoms with Gasteiger partial charge in [0.05, 0.1) is 24.7 Å². The molecule has 0 spiro atoms. The normalized spacial score (nSPS) is 9.85. The van der Waals surface area contributed by atoms with Gasteiger partial charge in [-0.15, -0.1) is 13.2 Å². The van der Waals surface area contributed by atoms with Crippen molar-refractivity contribution in [3.8, 4) is 11.5 Å². The van der Waals surface area contributed by atoms with E-state index in [0.717, 1.165) is 6.07 Å². The van der Waals surface area contributed by atoms with Crippen LogP contribution < -0.4 is 9.47 Å². The Morgan fingerprint density at radius 2 is 1.85 bits per heavy atom. The van der Waals surface area contributed by atoms with Crippen molar-refractivity contribution in [2.45, 2.75) is 6.92 Å². The summed E-state index contributed by atoms with van der Waals surface area (Å²) in [6.07, 6.45) is 3.04. The maximum atomic E-state index is 12.3. The first-order valence-corrected chi connectivity index (χ1v) is 8.05. The summed E-state index contributed by atoms with van der Waals surface area (Å²) in [5, 5.41) is 11.3. The van der Waals surface area contributed by atoms with Gasteiger partial charge >= 0.3 is 5.97 Å². The summed E-state index contributed by atoms with van der Waals surface area (Å²) in [6.45, 7) is 8.99. The molecule has 0 aliphatic carbocycles. The lowest BCUT2D eigenvalue weighted by atomic mass is 10.1. The summed E-state index contributed by atoms with van der Waals surface area (Å²) in [5.74, 6) is -1.23. The van der Waals surface area contributed by atoms with Crippen LogP contribution in [0, 0.1) is 10.1 Å². The third-order valence-electron chi connectivity index (χ3n) is 3.38. The Morgan fingerprint density at radius 3 is 2.33 bits per heavy atom. The van der Waals surface area contributed by atoms with Crippen LogP contribution in [0.4, 0.5) is 5.69 Å². The number of carbonyl (C=O) groups is 2. The van der Waals surface area contributed by atoms with Crippen molar-refractivity contribution in [2.75, 3.05) is 33.4 Å². The molecule has 146 valence electrons. The molecule has 0 heterocycles. The second-order valence-electron chi connectivity index (χ2n) is 5.16. The van der Waals surface area contributed by atoms with Gasteiger partial charge in [-0.3, -0.25) is 14.9 Å². The van der Waals surface area contributed by atoms with Gasteiger partial charge in [0.15, 0.2) is 18.1 Å². The van der Waals surface area contributed by atoms with Gasteiger partial charge in [-0.25, -0.2) is 4.79 Å². The molecule has 0 unspecified atom stereocenters. The molecule has 0 bridgehead atoms. The summed E-state index contributed by atoms with van der Waals surface area (Å²) in [5.41, 5.74) is -0.849. The summed E-state index contributed by atoms with van der Waals surface area (Å²) < 4.78 is 15.3. The highest BCUT2D eigenvalue weighted by Gasteiger charge is 2.26. The van der Waals surface area contributed by atoms with Crippen LogP contribution >= 0.6 is 0 Å². The first-order valence-electron chi connectivity index (χ1n) is 8.05. The lowest BCUT2D eigenvalue weighted by Gasteiger charge is -2.19. The van der Waals surface area contributed by atoms with E-state index in [1.807, 2.05) is 0 Å². The van der Waals surface area contributed by atoms with E-state index >= 15 is 0 Å². The Bertz CT molecular complexity index is 721. The summed E-state index contributed by atoms with van der Waals surface area (Å²) >= 11 is 0. The molecule has 0 radical (unpaired) electrons. The fourth-order valence-corrected chi connectivity index (χ4v) is 2.18. The van der Waals surface area contributed by atoms with Crippen molar-refractivity contribution >= 4 is 17.6 Å². The fraction of sp³-hybridized carbons (Fsp3) is 0.333. The third-order valence-corrected chi connectivity index (χ3v) is 3.38. The first kappa shape index (κ1) is 21.7. The minimum absolute atomic E-state index is 0.110. The number of rotatable bonds is 11. The molecule has 0 N–H and O–H groups in total. The largest absolute Gasteiger partial charge is 0.493 e. The van der Waals surface area contributed by atoms with Crippen molar-refractivity contribution in [1.82, 2.24) is 4.90 Å². The zero-order chi connectivity index (χ0) is 20.4. The van der Waals surface area contributed by atoms with E-state index in [-0.39, 0.29) is 36.8 Å². The summed E-state index contributed by atoms with van der Waals surface area (Å²) in [4.78, 5) is 36.4. The average molecular weight is 378 g/mol. The number of benzene rings is 1. The molecule has 9 nitrogen and oxygen atoms in total. The number of ether oxygens (including phenoxy) is 3. The fourth-order valence-electron chi connectivity index (χ4n) is 2.18. The van der Waals surface area contributed by atoms with Gasteiger partial charge in [0.25, 0.3) is 11.6 Å². The molecule has 0 saturated carbocycles. The topological polar surface area (TPSA) is 108 Å². The highest BCUT2D eigenvalue weighted by atomic mass is 16.6. The van der Waals surface area contributed by atoms with Gasteiger partial charge in [0.1, 0.15) is 5.56 Å². The molecule has 9 heteroatoms. The second kappa shape index (κ2) is 10.6. The van der Waals surface area contributed by atoms with Crippen LogP contribution in [0.25, 0.3) is 0 Å². The monoisotopic (exact) mass is 378 g/mol. The lowest BCUT2D eigenvalue weighted by Crippen LogP contribution is -2.35. The van der Waals surface area contributed by atoms with Crippen LogP contribution in [0.2, 0.25) is 0 Å². The van der Waals surface area contributed by atoms with Crippen molar-refractivity contribution in [1.29, 1.82) is 0 Å². The van der Waals surface area contributed by atoms with Gasteiger partial charge in [0.2, 0.25) is 0 Å². The molecule has 0 aromatic heterocycles. The Balaban J connectivity index is 3.05. The first-order chi connectivity index (χ1) is 12.9. The Hall–Kier alpha value is -3.36. The second-order valence-corrected chi connectivity index (χ2v) is 5.16. The number of nitro groups is 1. The number of carbonyl (C=O) groups excluding carboxylic acids is 2. The molecular formula is C18H22N2O7. The van der Waals surface area contributed by atoms with E-state index in [9.17, 15) is 19.7 Å². The molecule has 27 heavy (non-hydrogen) atoms. The number of nitrogens with zero attached hydrogens (tertiary/aromatic N) is 2. The van der Waals surface area contributed by atoms with Crippen molar-refractivity contribution in [2.24, 2.45) is 0 Å². The highest BCUT2D eigenvalue weighted by molar-refractivity contribution is 5.96. The van der Waals surface area contributed by atoms with Crippen molar-refractivity contribution < 1.29 is 28.7 Å². The number of nitro benzene ring substituents is 1. The average Bonchev–Trinajstić information content (AvgIpc) is 2.65. The van der Waals surface area contributed by atoms with E-state index in [2.05, 4.69) is 13.2 Å². The van der Waals surface area contributed by atoms with Gasteiger partial charge in [0, 0.05) is 19.2 Å². The van der Waals surface area contributed by atoms with Crippen molar-refractivity contribution in [3.05, 3.63) is 53.1 Å². The molecule has 0 fully saturated rings. The van der Waals surface area contributed by atoms with Crippen molar-refractivity contribution in [3.63, 3.8) is 0 Å². The number of hydrogen-bond acceptors (Lipinski definition) is 7. The van der Waals surface area contributed by atoms with Crippen LogP contribution in [0.15, 0.2) is 37.4 Å². The smallest absolute Gasteiger partial charge is 0.345 e. The predicted octanol–water partition coefficient (Wildman–Crippen LogP) is 2.36. The maximum absolute atomic E-state index is 12.3. The Labute approximate surface area is 157 Å². The molecule has 1 rings (SSSR count). The van der Waals surface area contributed by atoms with Gasteiger partial charge in [-0.05, 0) is 6.92 Å². The molecule has 0 aliphatic heterocycles. The summed E-state index contributed by atoms with van der Waals surface area (Å²) in [6, 6.07) is 2.24. The van der Waals surface area contributed by atoms with Crippen LogP contribution in [0.3, 0.4) is 0 Å². The Morgan fingerprint density at radius 1 is 1.22 bits per heavy atom. The lowest BCUT2D eigenvalue weighted by molar-refractivity contribution is -0.385. The van der Waals surface area contributed by atoms with Gasteiger partial charge < -0.3 is 19.1 Å². The third kappa shape index (κ3) is 5.84. The van der Waals surface area contributed by atoms with E-state index in [4.69, 9.17) is 14.2 Å². The zero-order valence-corrected chi connectivity index (χ0v) is 15.3. The summed E-state index contributed by atoms with van der Waals surface area (Å²) in [7, 11) is 1.33. The van der Waals surface area contributed by atoms with E-state index in [0.29, 0.717) is 0 Å². The number of hydrogen-bond donors (Lipinski definition) is 0. The van der Waals surface area contributed by atoms with Crippen LogP contribution in [0.5, 0.6) is 11.5 Å². The van der Waals surface area contributed by atoms with E-state index in [1.54, 1.807) is 6.92 Å². The number of esters is 1. The number of methoxy groups -OCH3 is 1. The molecule has 0 saturated heterocycles. The van der Waals surface area contributed by atoms with E-state index in [1.165, 1.54) is 30.2 Å². The molecule has 0 atom stereocenters. The van der Waals surface area contributed by atoms with E-state index < -0.39 is 29.1 Å². The number of amides is 1. The molecular weight excluding hydrogens is 356 g/mol. The molecule has 0 aliphatic rings. The molecule has 1 aromatic carbocycles. The highest BCUT2D eigenvalue weighted by Crippen LogP contribution is 2.35. The minimum atomic E-state index is -1.02. The standard InChI is InChI=1S/C18H22N2O7/c1-5-8-19(9-6-2)17(21)12-27-18(22)13-10-16(26-7-3)15(25-4)11-14(13)20(23)24/h5-6,10-11H,1-2,7-9,12H2,3-4H3. The van der Waals surface area contributed by atoms with Crippen LogP contribution in [0.1, 0.15) is 17.3 Å². The quantitative estimate of drug-likeness (QED) is 0.252. The Kier molecular flexibility index (Phi) is 8.50.